The van der Waals surface area contributed by atoms with E-state index in [1.54, 1.807) is 11.9 Å². The molecule has 0 saturated carbocycles. The Morgan fingerprint density at radius 2 is 1.86 bits per heavy atom. The highest BCUT2D eigenvalue weighted by atomic mass is 32.2. The lowest BCUT2D eigenvalue weighted by atomic mass is 10.1. The van der Waals surface area contributed by atoms with Crippen LogP contribution in [-0.4, -0.2) is 15.5 Å². The van der Waals surface area contributed by atoms with Gasteiger partial charge in [0.05, 0.1) is 0 Å². The van der Waals surface area contributed by atoms with Crippen molar-refractivity contribution in [1.29, 1.82) is 0 Å². The summed E-state index contributed by atoms with van der Waals surface area (Å²) in [6.07, 6.45) is 0. The third-order valence-corrected chi connectivity index (χ3v) is 2.54. The lowest BCUT2D eigenvalue weighted by molar-refractivity contribution is 0.535. The van der Waals surface area contributed by atoms with Gasteiger partial charge in [-0.3, -0.25) is 4.72 Å². The number of aryl methyl sites for hydroxylation is 2. The van der Waals surface area contributed by atoms with Gasteiger partial charge in [0.25, 0.3) is 0 Å². The van der Waals surface area contributed by atoms with E-state index in [9.17, 15) is 0 Å². The number of hydrogen-bond donors (Lipinski definition) is 1. The molecule has 0 bridgehead atoms. The van der Waals surface area contributed by atoms with Crippen LogP contribution in [0.4, 0.5) is 0 Å². The maximum atomic E-state index is 4.33. The largest absolute Gasteiger partial charge is 0.253 e. The molecule has 1 aromatic rings. The van der Waals surface area contributed by atoms with Crippen molar-refractivity contribution in [2.45, 2.75) is 45.2 Å². The summed E-state index contributed by atoms with van der Waals surface area (Å²) in [6, 6.07) is 1.98. The molecular formula is C10H17N3S. The molecule has 0 atom stereocenters. The van der Waals surface area contributed by atoms with E-state index in [-0.39, 0.29) is 5.54 Å². The topological polar surface area (TPSA) is 37.8 Å². The molecule has 1 rings (SSSR count). The van der Waals surface area contributed by atoms with Crippen molar-refractivity contribution >= 4 is 11.9 Å². The molecule has 0 amide bonds. The average Bonchev–Trinajstić information content (AvgIpc) is 1.97. The molecule has 0 aliphatic carbocycles. The van der Waals surface area contributed by atoms with E-state index < -0.39 is 0 Å². The van der Waals surface area contributed by atoms with Crippen molar-refractivity contribution in [3.05, 3.63) is 17.6 Å². The Kier molecular flexibility index (Phi) is 3.50. The van der Waals surface area contributed by atoms with Crippen molar-refractivity contribution in [3.8, 4) is 0 Å². The van der Waals surface area contributed by atoms with Gasteiger partial charge in [0.2, 0.25) is 0 Å². The van der Waals surface area contributed by atoms with Crippen LogP contribution in [0.2, 0.25) is 0 Å². The standard InChI is InChI=1S/C10H17N3S/c1-7-6-9(12-8(2)11-7)14-13-10(3,4)5/h6,13H,1-5H3. The fraction of sp³-hybridized carbons (Fsp3) is 0.600. The molecule has 3 nitrogen and oxygen atoms in total. The number of nitrogens with one attached hydrogen (secondary N) is 1. The van der Waals surface area contributed by atoms with E-state index in [4.69, 9.17) is 0 Å². The van der Waals surface area contributed by atoms with Crippen molar-refractivity contribution in [2.24, 2.45) is 0 Å². The monoisotopic (exact) mass is 211 g/mol. The molecule has 1 N–H and O–H groups in total. The lowest BCUT2D eigenvalue weighted by Gasteiger charge is -2.19. The predicted molar refractivity (Wildman–Crippen MR) is 60.3 cm³/mol. The SMILES string of the molecule is Cc1cc(SNC(C)(C)C)nc(C)n1. The van der Waals surface area contributed by atoms with Gasteiger partial charge in [0, 0.05) is 11.2 Å². The number of hydrogen-bond acceptors (Lipinski definition) is 4. The van der Waals surface area contributed by atoms with Crippen LogP contribution in [0.3, 0.4) is 0 Å². The van der Waals surface area contributed by atoms with E-state index in [1.165, 1.54) is 0 Å². The quantitative estimate of drug-likeness (QED) is 0.602. The summed E-state index contributed by atoms with van der Waals surface area (Å²) in [5.41, 5.74) is 1.10. The fourth-order valence-corrected chi connectivity index (χ4v) is 1.76. The van der Waals surface area contributed by atoms with Gasteiger partial charge in [0.15, 0.2) is 0 Å². The molecule has 0 spiro atoms. The molecule has 1 aromatic heterocycles. The molecule has 0 aliphatic heterocycles. The van der Waals surface area contributed by atoms with Crippen LogP contribution in [-0.2, 0) is 0 Å². The second-order valence-corrected chi connectivity index (χ2v) is 5.18. The number of nitrogens with zero attached hydrogens (tertiary/aromatic N) is 2. The van der Waals surface area contributed by atoms with Gasteiger partial charge in [-0.15, -0.1) is 0 Å². The van der Waals surface area contributed by atoms with Gasteiger partial charge in [-0.25, -0.2) is 9.97 Å². The Morgan fingerprint density at radius 3 is 2.36 bits per heavy atom. The third-order valence-electron chi connectivity index (χ3n) is 1.40. The van der Waals surface area contributed by atoms with Crippen molar-refractivity contribution in [1.82, 2.24) is 14.7 Å². The maximum absolute atomic E-state index is 4.33. The van der Waals surface area contributed by atoms with E-state index in [1.807, 2.05) is 19.9 Å². The van der Waals surface area contributed by atoms with Gasteiger partial charge in [-0.2, -0.15) is 0 Å². The minimum atomic E-state index is 0.0947. The van der Waals surface area contributed by atoms with E-state index in [0.29, 0.717) is 0 Å². The zero-order valence-electron chi connectivity index (χ0n) is 9.38. The second-order valence-electron chi connectivity index (χ2n) is 4.35. The Labute approximate surface area is 89.9 Å². The smallest absolute Gasteiger partial charge is 0.126 e. The van der Waals surface area contributed by atoms with Crippen LogP contribution in [0.1, 0.15) is 32.3 Å². The van der Waals surface area contributed by atoms with Crippen molar-refractivity contribution < 1.29 is 0 Å². The molecule has 0 aliphatic rings. The van der Waals surface area contributed by atoms with E-state index in [2.05, 4.69) is 35.5 Å². The maximum Gasteiger partial charge on any atom is 0.126 e. The molecule has 1 heterocycles. The van der Waals surface area contributed by atoms with Crippen molar-refractivity contribution in [3.63, 3.8) is 0 Å². The third kappa shape index (κ3) is 4.07. The van der Waals surface area contributed by atoms with Gasteiger partial charge in [0.1, 0.15) is 10.9 Å². The van der Waals surface area contributed by atoms with Crippen LogP contribution < -0.4 is 4.72 Å². The Hall–Kier alpha value is -0.610. The highest BCUT2D eigenvalue weighted by Gasteiger charge is 2.10. The molecule has 0 fully saturated rings. The Bertz CT molecular complexity index is 297. The van der Waals surface area contributed by atoms with Gasteiger partial charge in [-0.05, 0) is 52.6 Å². The molecule has 4 heteroatoms. The highest BCUT2D eigenvalue weighted by Crippen LogP contribution is 2.16. The summed E-state index contributed by atoms with van der Waals surface area (Å²) >= 11 is 1.55. The predicted octanol–water partition coefficient (Wildman–Crippen LogP) is 2.49. The normalized spacial score (nSPS) is 11.8. The van der Waals surface area contributed by atoms with Gasteiger partial charge >= 0.3 is 0 Å². The minimum Gasteiger partial charge on any atom is -0.253 e. The molecule has 0 saturated heterocycles. The van der Waals surface area contributed by atoms with Crippen LogP contribution in [0, 0.1) is 13.8 Å². The first-order valence-electron chi connectivity index (χ1n) is 4.63. The van der Waals surface area contributed by atoms with E-state index in [0.717, 1.165) is 16.5 Å². The van der Waals surface area contributed by atoms with Crippen molar-refractivity contribution in [2.75, 3.05) is 0 Å². The summed E-state index contributed by atoms with van der Waals surface area (Å²) in [5.74, 6) is 0.822. The first-order chi connectivity index (χ1) is 6.37. The summed E-state index contributed by atoms with van der Waals surface area (Å²) in [4.78, 5) is 8.55. The average molecular weight is 211 g/mol. The molecule has 0 aromatic carbocycles. The zero-order chi connectivity index (χ0) is 10.8. The molecular weight excluding hydrogens is 194 g/mol. The molecule has 14 heavy (non-hydrogen) atoms. The summed E-state index contributed by atoms with van der Waals surface area (Å²) in [5, 5.41) is 0.977. The first kappa shape index (κ1) is 11.5. The first-order valence-corrected chi connectivity index (χ1v) is 5.45. The molecule has 0 radical (unpaired) electrons. The number of aromatic nitrogens is 2. The number of rotatable bonds is 2. The molecule has 78 valence electrons. The van der Waals surface area contributed by atoms with Crippen LogP contribution in [0.15, 0.2) is 11.1 Å². The molecule has 0 unspecified atom stereocenters. The lowest BCUT2D eigenvalue weighted by Crippen LogP contribution is -2.29. The van der Waals surface area contributed by atoms with E-state index >= 15 is 0 Å². The summed E-state index contributed by atoms with van der Waals surface area (Å²) in [7, 11) is 0. The van der Waals surface area contributed by atoms with Crippen LogP contribution >= 0.6 is 11.9 Å². The second kappa shape index (κ2) is 4.28. The van der Waals surface area contributed by atoms with Crippen LogP contribution in [0.5, 0.6) is 0 Å². The Morgan fingerprint density at radius 1 is 1.21 bits per heavy atom. The van der Waals surface area contributed by atoms with Gasteiger partial charge < -0.3 is 0 Å². The summed E-state index contributed by atoms with van der Waals surface area (Å²) < 4.78 is 3.32. The van der Waals surface area contributed by atoms with Crippen LogP contribution in [0.25, 0.3) is 0 Å². The zero-order valence-corrected chi connectivity index (χ0v) is 10.2. The Balaban J connectivity index is 2.68. The fourth-order valence-electron chi connectivity index (χ4n) is 0.941. The van der Waals surface area contributed by atoms with Gasteiger partial charge in [-0.1, -0.05) is 0 Å². The minimum absolute atomic E-state index is 0.0947. The highest BCUT2D eigenvalue weighted by molar-refractivity contribution is 7.97. The summed E-state index contributed by atoms with van der Waals surface area (Å²) in [6.45, 7) is 10.3.